The molecule has 0 aliphatic carbocycles. The van der Waals surface area contributed by atoms with Gasteiger partial charge in [0.1, 0.15) is 16.7 Å². The zero-order valence-corrected chi connectivity index (χ0v) is 11.0. The fraction of sp³-hybridized carbons (Fsp3) is 0.231. The molecule has 2 N–H and O–H groups in total. The maximum atomic E-state index is 5.71. The van der Waals surface area contributed by atoms with Gasteiger partial charge in [0, 0.05) is 11.0 Å². The van der Waals surface area contributed by atoms with Gasteiger partial charge in [-0.2, -0.15) is 0 Å². The molecule has 1 aromatic carbocycles. The van der Waals surface area contributed by atoms with Gasteiger partial charge in [-0.25, -0.2) is 9.97 Å². The summed E-state index contributed by atoms with van der Waals surface area (Å²) in [4.78, 5) is 9.63. The number of aryl methyl sites for hydroxylation is 3. The average molecular weight is 245 g/mol. The molecule has 2 aromatic rings. The molecule has 17 heavy (non-hydrogen) atoms. The second-order valence-electron chi connectivity index (χ2n) is 4.05. The summed E-state index contributed by atoms with van der Waals surface area (Å²) in [5, 5.41) is 0.891. The highest BCUT2D eigenvalue weighted by Gasteiger charge is 2.04. The minimum absolute atomic E-state index is 0.518. The predicted molar refractivity (Wildman–Crippen MR) is 71.2 cm³/mol. The normalized spacial score (nSPS) is 10.5. The van der Waals surface area contributed by atoms with E-state index in [0.29, 0.717) is 11.6 Å². The van der Waals surface area contributed by atoms with E-state index in [1.54, 1.807) is 17.8 Å². The molecule has 0 spiro atoms. The van der Waals surface area contributed by atoms with Gasteiger partial charge in [-0.15, -0.1) is 0 Å². The van der Waals surface area contributed by atoms with Crippen molar-refractivity contribution in [2.75, 3.05) is 5.73 Å². The standard InChI is InChI=1S/C13H15N3S/c1-8-4-5-11(9(2)6-8)17-13-7-12(14)15-10(3)16-13/h4-7H,1-3H3,(H2,14,15,16). The van der Waals surface area contributed by atoms with Crippen LogP contribution in [0.1, 0.15) is 17.0 Å². The van der Waals surface area contributed by atoms with E-state index >= 15 is 0 Å². The zero-order chi connectivity index (χ0) is 12.4. The van der Waals surface area contributed by atoms with Gasteiger partial charge >= 0.3 is 0 Å². The molecule has 0 saturated heterocycles. The molecular weight excluding hydrogens is 230 g/mol. The molecule has 1 aromatic heterocycles. The lowest BCUT2D eigenvalue weighted by atomic mass is 10.2. The van der Waals surface area contributed by atoms with Crippen molar-refractivity contribution in [2.45, 2.75) is 30.7 Å². The molecule has 2 rings (SSSR count). The first kappa shape index (κ1) is 11.9. The van der Waals surface area contributed by atoms with E-state index in [1.807, 2.05) is 6.92 Å². The van der Waals surface area contributed by atoms with Gasteiger partial charge in [-0.05, 0) is 32.4 Å². The van der Waals surface area contributed by atoms with Crippen LogP contribution in [0.2, 0.25) is 0 Å². The quantitative estimate of drug-likeness (QED) is 0.826. The Morgan fingerprint density at radius 2 is 1.82 bits per heavy atom. The third kappa shape index (κ3) is 2.97. The number of anilines is 1. The Bertz CT molecular complexity index is 532. The van der Waals surface area contributed by atoms with Crippen LogP contribution in [-0.4, -0.2) is 9.97 Å². The summed E-state index contributed by atoms with van der Waals surface area (Å²) in [7, 11) is 0. The molecule has 0 atom stereocenters. The summed E-state index contributed by atoms with van der Waals surface area (Å²) in [6.45, 7) is 6.05. The fourth-order valence-electron chi connectivity index (χ4n) is 1.64. The summed E-state index contributed by atoms with van der Waals surface area (Å²) >= 11 is 1.62. The first-order valence-electron chi connectivity index (χ1n) is 5.41. The molecule has 0 saturated carbocycles. The molecule has 3 nitrogen and oxygen atoms in total. The summed E-state index contributed by atoms with van der Waals surface area (Å²) in [6.07, 6.45) is 0. The van der Waals surface area contributed by atoms with E-state index in [0.717, 1.165) is 5.03 Å². The van der Waals surface area contributed by atoms with Crippen molar-refractivity contribution in [1.29, 1.82) is 0 Å². The van der Waals surface area contributed by atoms with Crippen LogP contribution in [0, 0.1) is 20.8 Å². The first-order chi connectivity index (χ1) is 8.04. The van der Waals surface area contributed by atoms with Crippen LogP contribution in [0.3, 0.4) is 0 Å². The molecule has 0 aliphatic rings. The van der Waals surface area contributed by atoms with Crippen LogP contribution in [0.4, 0.5) is 5.82 Å². The predicted octanol–water partition coefficient (Wildman–Crippen LogP) is 3.14. The van der Waals surface area contributed by atoms with Crippen molar-refractivity contribution in [3.63, 3.8) is 0 Å². The Labute approximate surface area is 105 Å². The van der Waals surface area contributed by atoms with E-state index < -0.39 is 0 Å². The topological polar surface area (TPSA) is 51.8 Å². The fourth-order valence-corrected chi connectivity index (χ4v) is 2.58. The Kier molecular flexibility index (Phi) is 3.33. The lowest BCUT2D eigenvalue weighted by Crippen LogP contribution is -1.96. The molecule has 0 unspecified atom stereocenters. The van der Waals surface area contributed by atoms with Crippen molar-refractivity contribution in [1.82, 2.24) is 9.97 Å². The Morgan fingerprint density at radius 1 is 1.06 bits per heavy atom. The van der Waals surface area contributed by atoms with Crippen molar-refractivity contribution in [3.05, 3.63) is 41.2 Å². The van der Waals surface area contributed by atoms with E-state index in [4.69, 9.17) is 5.73 Å². The molecule has 0 fully saturated rings. The van der Waals surface area contributed by atoms with E-state index in [-0.39, 0.29) is 0 Å². The van der Waals surface area contributed by atoms with E-state index in [1.165, 1.54) is 16.0 Å². The SMILES string of the molecule is Cc1ccc(Sc2cc(N)nc(C)n2)c(C)c1. The van der Waals surface area contributed by atoms with Crippen LogP contribution in [0.5, 0.6) is 0 Å². The van der Waals surface area contributed by atoms with Crippen LogP contribution in [0.15, 0.2) is 34.2 Å². The number of nitrogens with two attached hydrogens (primary N) is 1. The van der Waals surface area contributed by atoms with Crippen molar-refractivity contribution in [2.24, 2.45) is 0 Å². The minimum atomic E-state index is 0.518. The molecule has 0 aliphatic heterocycles. The van der Waals surface area contributed by atoms with Gasteiger partial charge in [-0.3, -0.25) is 0 Å². The summed E-state index contributed by atoms with van der Waals surface area (Å²) in [5.41, 5.74) is 8.23. The monoisotopic (exact) mass is 245 g/mol. The smallest absolute Gasteiger partial charge is 0.128 e. The molecule has 0 radical (unpaired) electrons. The summed E-state index contributed by atoms with van der Waals surface area (Å²) < 4.78 is 0. The lowest BCUT2D eigenvalue weighted by Gasteiger charge is -2.06. The van der Waals surface area contributed by atoms with Gasteiger partial charge in [0.25, 0.3) is 0 Å². The Hall–Kier alpha value is -1.55. The zero-order valence-electron chi connectivity index (χ0n) is 10.2. The highest BCUT2D eigenvalue weighted by atomic mass is 32.2. The highest BCUT2D eigenvalue weighted by molar-refractivity contribution is 7.99. The minimum Gasteiger partial charge on any atom is -0.384 e. The average Bonchev–Trinajstić information content (AvgIpc) is 2.21. The molecule has 88 valence electrons. The number of rotatable bonds is 2. The highest BCUT2D eigenvalue weighted by Crippen LogP contribution is 2.29. The van der Waals surface area contributed by atoms with Crippen LogP contribution >= 0.6 is 11.8 Å². The maximum absolute atomic E-state index is 5.71. The Morgan fingerprint density at radius 3 is 2.47 bits per heavy atom. The van der Waals surface area contributed by atoms with Gasteiger partial charge in [-0.1, -0.05) is 29.5 Å². The number of hydrogen-bond acceptors (Lipinski definition) is 4. The third-order valence-electron chi connectivity index (χ3n) is 2.38. The number of nitrogens with zero attached hydrogens (tertiary/aromatic N) is 2. The lowest BCUT2D eigenvalue weighted by molar-refractivity contribution is 0.974. The number of hydrogen-bond donors (Lipinski definition) is 1. The van der Waals surface area contributed by atoms with Crippen molar-refractivity contribution >= 4 is 17.6 Å². The summed E-state index contributed by atoms with van der Waals surface area (Å²) in [6, 6.07) is 8.19. The first-order valence-corrected chi connectivity index (χ1v) is 6.22. The second-order valence-corrected chi connectivity index (χ2v) is 5.11. The van der Waals surface area contributed by atoms with Crippen molar-refractivity contribution < 1.29 is 0 Å². The number of aromatic nitrogens is 2. The van der Waals surface area contributed by atoms with Gasteiger partial charge in [0.15, 0.2) is 0 Å². The number of benzene rings is 1. The van der Waals surface area contributed by atoms with E-state index in [2.05, 4.69) is 42.0 Å². The van der Waals surface area contributed by atoms with Crippen LogP contribution < -0.4 is 5.73 Å². The molecule has 1 heterocycles. The van der Waals surface area contributed by atoms with Crippen LogP contribution in [-0.2, 0) is 0 Å². The second kappa shape index (κ2) is 4.75. The molecule has 4 heteroatoms. The molecular formula is C13H15N3S. The maximum Gasteiger partial charge on any atom is 0.128 e. The molecule has 0 bridgehead atoms. The van der Waals surface area contributed by atoms with Crippen LogP contribution in [0.25, 0.3) is 0 Å². The largest absolute Gasteiger partial charge is 0.384 e. The Balaban J connectivity index is 2.31. The summed E-state index contributed by atoms with van der Waals surface area (Å²) in [5.74, 6) is 1.22. The van der Waals surface area contributed by atoms with Gasteiger partial charge < -0.3 is 5.73 Å². The number of nitrogen functional groups attached to an aromatic ring is 1. The molecule has 0 amide bonds. The van der Waals surface area contributed by atoms with Gasteiger partial charge in [0.05, 0.1) is 0 Å². The van der Waals surface area contributed by atoms with Crippen molar-refractivity contribution in [3.8, 4) is 0 Å². The van der Waals surface area contributed by atoms with E-state index in [9.17, 15) is 0 Å². The van der Waals surface area contributed by atoms with Gasteiger partial charge in [0.2, 0.25) is 0 Å². The third-order valence-corrected chi connectivity index (χ3v) is 3.48.